The standard InChI is InChI=1S/C26H38N4O3/c1-23(2,3)21-29-20(30-33-21)26-13-10-25(11-14-26,12-15-26)17-27-18-8-7-9-19(16-18)28-22(31)32-24(4,5)6/h7-9,16,27H,10-15,17H2,1-6H3,(H,28,31). The number of ether oxygens (including phenoxy) is 1. The SMILES string of the molecule is CC(C)(C)OC(=O)Nc1cccc(NCC23CCC(c4noc(C(C)(C)C)n4)(CC2)CC3)c1. The third-order valence-corrected chi connectivity index (χ3v) is 7.12. The van der Waals surface area contributed by atoms with E-state index in [1.54, 1.807) is 0 Å². The minimum Gasteiger partial charge on any atom is -0.444 e. The maximum atomic E-state index is 12.1. The lowest BCUT2D eigenvalue weighted by Gasteiger charge is -2.52. The number of nitrogens with zero attached hydrogens (tertiary/aromatic N) is 2. The van der Waals surface area contributed by atoms with Gasteiger partial charge in [0.1, 0.15) is 5.60 Å². The molecule has 7 nitrogen and oxygen atoms in total. The van der Waals surface area contributed by atoms with E-state index in [1.165, 1.54) is 0 Å². The molecule has 2 N–H and O–H groups in total. The van der Waals surface area contributed by atoms with Crippen molar-refractivity contribution in [3.63, 3.8) is 0 Å². The van der Waals surface area contributed by atoms with Gasteiger partial charge < -0.3 is 14.6 Å². The Morgan fingerprint density at radius 3 is 2.24 bits per heavy atom. The van der Waals surface area contributed by atoms with Crippen LogP contribution in [0.4, 0.5) is 16.2 Å². The first kappa shape index (κ1) is 23.6. The van der Waals surface area contributed by atoms with E-state index in [9.17, 15) is 4.79 Å². The van der Waals surface area contributed by atoms with Crippen LogP contribution in [0, 0.1) is 5.41 Å². The number of hydrogen-bond acceptors (Lipinski definition) is 6. The number of anilines is 2. The Balaban J connectivity index is 1.35. The Bertz CT molecular complexity index is 975. The van der Waals surface area contributed by atoms with Gasteiger partial charge in [0.25, 0.3) is 0 Å². The normalized spacial score (nSPS) is 25.0. The third kappa shape index (κ3) is 5.33. The van der Waals surface area contributed by atoms with E-state index in [4.69, 9.17) is 14.2 Å². The molecule has 33 heavy (non-hydrogen) atoms. The fourth-order valence-electron chi connectivity index (χ4n) is 5.03. The summed E-state index contributed by atoms with van der Waals surface area (Å²) >= 11 is 0. The number of rotatable bonds is 5. The Hall–Kier alpha value is -2.57. The summed E-state index contributed by atoms with van der Waals surface area (Å²) in [5.41, 5.74) is 1.47. The molecule has 0 radical (unpaired) electrons. The van der Waals surface area contributed by atoms with Gasteiger partial charge in [-0.3, -0.25) is 5.32 Å². The number of amides is 1. The highest BCUT2D eigenvalue weighted by Gasteiger charge is 2.51. The predicted octanol–water partition coefficient (Wildman–Crippen LogP) is 6.42. The highest BCUT2D eigenvalue weighted by molar-refractivity contribution is 5.85. The van der Waals surface area contributed by atoms with E-state index in [2.05, 4.69) is 36.6 Å². The molecule has 1 aromatic carbocycles. The zero-order valence-electron chi connectivity index (χ0n) is 20.9. The maximum Gasteiger partial charge on any atom is 0.412 e. The first-order valence-corrected chi connectivity index (χ1v) is 12.1. The number of carbonyl (C=O) groups excluding carboxylic acids is 1. The Morgan fingerprint density at radius 2 is 1.67 bits per heavy atom. The lowest BCUT2D eigenvalue weighted by molar-refractivity contribution is 0.0445. The minimum absolute atomic E-state index is 0.0754. The van der Waals surface area contributed by atoms with Gasteiger partial charge in [0.05, 0.1) is 0 Å². The van der Waals surface area contributed by atoms with Crippen LogP contribution in [0.25, 0.3) is 0 Å². The predicted molar refractivity (Wildman–Crippen MR) is 130 cm³/mol. The molecule has 2 bridgehead atoms. The van der Waals surface area contributed by atoms with Crippen molar-refractivity contribution in [3.8, 4) is 0 Å². The van der Waals surface area contributed by atoms with Crippen LogP contribution in [0.15, 0.2) is 28.8 Å². The molecule has 3 aliphatic carbocycles. The van der Waals surface area contributed by atoms with Gasteiger partial charge in [-0.2, -0.15) is 4.98 Å². The van der Waals surface area contributed by atoms with E-state index in [-0.39, 0.29) is 10.8 Å². The fourth-order valence-corrected chi connectivity index (χ4v) is 5.03. The van der Waals surface area contributed by atoms with Crippen LogP contribution in [0.5, 0.6) is 0 Å². The summed E-state index contributed by atoms with van der Waals surface area (Å²) in [4.78, 5) is 16.9. The molecule has 2 aromatic rings. The number of nitrogens with one attached hydrogen (secondary N) is 2. The zero-order valence-corrected chi connectivity index (χ0v) is 20.9. The van der Waals surface area contributed by atoms with Crippen molar-refractivity contribution in [2.45, 2.75) is 96.5 Å². The molecular formula is C26H38N4O3. The first-order valence-electron chi connectivity index (χ1n) is 12.1. The highest BCUT2D eigenvalue weighted by Crippen LogP contribution is 2.57. The summed E-state index contributed by atoms with van der Waals surface area (Å²) in [5, 5.41) is 10.8. The van der Waals surface area contributed by atoms with E-state index in [0.717, 1.165) is 68.2 Å². The quantitative estimate of drug-likeness (QED) is 0.542. The molecule has 1 aromatic heterocycles. The fraction of sp³-hybridized carbons (Fsp3) is 0.654. The highest BCUT2D eigenvalue weighted by atomic mass is 16.6. The molecule has 0 unspecified atom stereocenters. The molecule has 3 fully saturated rings. The molecule has 180 valence electrons. The average Bonchev–Trinajstić information content (AvgIpc) is 3.24. The van der Waals surface area contributed by atoms with Crippen LogP contribution in [0.3, 0.4) is 0 Å². The Kier molecular flexibility index (Phi) is 5.95. The second kappa shape index (κ2) is 8.33. The number of carbonyl (C=O) groups is 1. The summed E-state index contributed by atoms with van der Waals surface area (Å²) in [6.45, 7) is 12.8. The minimum atomic E-state index is -0.522. The van der Waals surface area contributed by atoms with Gasteiger partial charge in [-0.25, -0.2) is 4.79 Å². The van der Waals surface area contributed by atoms with Crippen LogP contribution >= 0.6 is 0 Å². The summed E-state index contributed by atoms with van der Waals surface area (Å²) in [5.74, 6) is 1.64. The largest absolute Gasteiger partial charge is 0.444 e. The van der Waals surface area contributed by atoms with Crippen LogP contribution in [0.2, 0.25) is 0 Å². The van der Waals surface area contributed by atoms with Gasteiger partial charge in [-0.15, -0.1) is 0 Å². The summed E-state index contributed by atoms with van der Waals surface area (Å²) < 4.78 is 11.0. The molecular weight excluding hydrogens is 416 g/mol. The number of benzene rings is 1. The van der Waals surface area contributed by atoms with Crippen molar-refractivity contribution in [2.75, 3.05) is 17.2 Å². The van der Waals surface area contributed by atoms with Crippen molar-refractivity contribution >= 4 is 17.5 Å². The number of hydrogen-bond donors (Lipinski definition) is 2. The van der Waals surface area contributed by atoms with Gasteiger partial charge in [0, 0.05) is 28.7 Å². The van der Waals surface area contributed by atoms with Gasteiger partial charge in [0.2, 0.25) is 5.89 Å². The molecule has 1 heterocycles. The summed E-state index contributed by atoms with van der Waals surface area (Å²) in [6.07, 6.45) is 6.37. The van der Waals surface area contributed by atoms with Gasteiger partial charge in [0.15, 0.2) is 5.82 Å². The average molecular weight is 455 g/mol. The molecule has 3 saturated carbocycles. The molecule has 0 atom stereocenters. The molecule has 0 aliphatic heterocycles. The molecule has 5 rings (SSSR count). The monoisotopic (exact) mass is 454 g/mol. The van der Waals surface area contributed by atoms with E-state index < -0.39 is 11.7 Å². The lowest BCUT2D eigenvalue weighted by atomic mass is 9.53. The molecule has 0 spiro atoms. The van der Waals surface area contributed by atoms with Crippen LogP contribution < -0.4 is 10.6 Å². The molecule has 0 saturated heterocycles. The van der Waals surface area contributed by atoms with Gasteiger partial charge in [-0.05, 0) is 82.9 Å². The zero-order chi connectivity index (χ0) is 23.9. The second-order valence-corrected chi connectivity index (χ2v) is 12.0. The van der Waals surface area contributed by atoms with Crippen LogP contribution in [-0.4, -0.2) is 28.4 Å². The lowest BCUT2D eigenvalue weighted by Crippen LogP contribution is -2.47. The maximum absolute atomic E-state index is 12.1. The molecule has 3 aliphatic rings. The number of fused-ring (bicyclic) bond motifs is 3. The van der Waals surface area contributed by atoms with Crippen LogP contribution in [0.1, 0.15) is 91.8 Å². The second-order valence-electron chi connectivity index (χ2n) is 12.0. The topological polar surface area (TPSA) is 89.3 Å². The van der Waals surface area contributed by atoms with Crippen molar-refractivity contribution < 1.29 is 14.1 Å². The van der Waals surface area contributed by atoms with E-state index in [1.807, 2.05) is 45.0 Å². The Labute approximate surface area is 197 Å². The molecule has 7 heteroatoms. The van der Waals surface area contributed by atoms with Crippen molar-refractivity contribution in [1.82, 2.24) is 10.1 Å². The van der Waals surface area contributed by atoms with Crippen molar-refractivity contribution in [1.29, 1.82) is 0 Å². The van der Waals surface area contributed by atoms with Crippen molar-refractivity contribution in [2.24, 2.45) is 5.41 Å². The third-order valence-electron chi connectivity index (χ3n) is 7.12. The molecule has 1 amide bonds. The summed E-state index contributed by atoms with van der Waals surface area (Å²) in [7, 11) is 0. The van der Waals surface area contributed by atoms with E-state index in [0.29, 0.717) is 5.41 Å². The van der Waals surface area contributed by atoms with E-state index >= 15 is 0 Å². The first-order chi connectivity index (χ1) is 15.4. The number of aromatic nitrogens is 2. The smallest absolute Gasteiger partial charge is 0.412 e. The van der Waals surface area contributed by atoms with Crippen LogP contribution in [-0.2, 0) is 15.6 Å². The summed E-state index contributed by atoms with van der Waals surface area (Å²) in [6, 6.07) is 7.83. The Morgan fingerprint density at radius 1 is 1.03 bits per heavy atom. The van der Waals surface area contributed by atoms with Gasteiger partial charge >= 0.3 is 6.09 Å². The van der Waals surface area contributed by atoms with Gasteiger partial charge in [-0.1, -0.05) is 32.0 Å². The van der Waals surface area contributed by atoms with Crippen molar-refractivity contribution in [3.05, 3.63) is 36.0 Å².